The molecule has 168 valence electrons. The zero-order valence-electron chi connectivity index (χ0n) is 17.1. The largest absolute Gasteiger partial charge is 0.255 e. The molecule has 10 heteroatoms. The van der Waals surface area contributed by atoms with E-state index in [9.17, 15) is 9.59 Å². The number of hydrogen-bond donors (Lipinski definition) is 0. The second kappa shape index (κ2) is 10.6. The summed E-state index contributed by atoms with van der Waals surface area (Å²) in [6.45, 7) is 5.41. The van der Waals surface area contributed by atoms with Crippen LogP contribution < -0.4 is 0 Å². The second-order valence-corrected chi connectivity index (χ2v) is 10.0. The third-order valence-electron chi connectivity index (χ3n) is 5.08. The zero-order chi connectivity index (χ0) is 22.5. The topological polar surface area (TPSA) is 68.9 Å². The van der Waals surface area contributed by atoms with Crippen molar-refractivity contribution in [2.45, 2.75) is 0 Å². The molecule has 0 amide bonds. The third kappa shape index (κ3) is 5.74. The number of rotatable bonds is 4. The number of carbonyl (C=O) groups excluding carboxylic acids is 2. The van der Waals surface area contributed by atoms with Crippen molar-refractivity contribution in [1.29, 1.82) is 0 Å². The number of halogens is 2. The number of carbonyl (C=O) groups is 2. The van der Waals surface area contributed by atoms with Crippen LogP contribution in [-0.2, 0) is 24.7 Å². The third-order valence-corrected chi connectivity index (χ3v) is 5.08. The average molecular weight is 559 g/mol. The van der Waals surface area contributed by atoms with Crippen molar-refractivity contribution in [2.24, 2.45) is 0 Å². The van der Waals surface area contributed by atoms with E-state index in [2.05, 4.69) is 9.97 Å². The van der Waals surface area contributed by atoms with Crippen LogP contribution in [0.1, 0.15) is 0 Å². The standard InChI is InChI=1S/C12H13N3O2.C10H8N2.2ClH.Ru/c16-9-7-8(13-1-2-13)12(17)11(15-5-6-15)10(9)14-3-4-14;1-3-7-11-9(5-1)10-6-2-4-8-12-10;;;/h7H,1-6H2;1-8H;2*1H;/q;;;;+2/p-2. The quantitative estimate of drug-likeness (QED) is 0.324. The van der Waals surface area contributed by atoms with Crippen molar-refractivity contribution in [3.63, 3.8) is 0 Å². The van der Waals surface area contributed by atoms with Crippen LogP contribution in [0.5, 0.6) is 0 Å². The molecule has 0 atom stereocenters. The van der Waals surface area contributed by atoms with E-state index in [0.717, 1.165) is 50.7 Å². The Hall–Kier alpha value is -2.28. The molecule has 0 saturated carbocycles. The Labute approximate surface area is 202 Å². The molecule has 2 aromatic rings. The number of pyridine rings is 2. The van der Waals surface area contributed by atoms with Crippen molar-refractivity contribution in [3.05, 3.63) is 72.0 Å². The predicted octanol–water partition coefficient (Wildman–Crippen LogP) is 2.70. The molecule has 0 aromatic carbocycles. The van der Waals surface area contributed by atoms with Crippen LogP contribution >= 0.6 is 19.4 Å². The molecule has 3 saturated heterocycles. The molecule has 0 unspecified atom stereocenters. The van der Waals surface area contributed by atoms with Crippen molar-refractivity contribution >= 4 is 30.9 Å². The van der Waals surface area contributed by atoms with Gasteiger partial charge in [0, 0.05) is 57.7 Å². The molecule has 0 N–H and O–H groups in total. The molecule has 2 aromatic heterocycles. The van der Waals surface area contributed by atoms with Gasteiger partial charge in [0.1, 0.15) is 11.4 Å². The van der Waals surface area contributed by atoms with Crippen molar-refractivity contribution in [1.82, 2.24) is 24.7 Å². The molecular formula is C22H21Cl2N5O2Ru. The van der Waals surface area contributed by atoms with Gasteiger partial charge in [0.15, 0.2) is 0 Å². The molecule has 6 rings (SSSR count). The Balaban J connectivity index is 0.000000144. The maximum atomic E-state index is 12.4. The van der Waals surface area contributed by atoms with Crippen LogP contribution in [-0.4, -0.2) is 75.5 Å². The van der Waals surface area contributed by atoms with Gasteiger partial charge in [0.25, 0.3) is 0 Å². The molecule has 0 bridgehead atoms. The van der Waals surface area contributed by atoms with Crippen LogP contribution in [0.2, 0.25) is 0 Å². The van der Waals surface area contributed by atoms with Gasteiger partial charge in [-0.3, -0.25) is 19.6 Å². The number of aromatic nitrogens is 2. The molecule has 0 spiro atoms. The molecule has 32 heavy (non-hydrogen) atoms. The van der Waals surface area contributed by atoms with Crippen molar-refractivity contribution < 1.29 is 24.7 Å². The smallest absolute Gasteiger partial charge is 0.0886 e. The fraction of sp³-hybridized carbons (Fsp3) is 0.273. The van der Waals surface area contributed by atoms with Crippen LogP contribution in [0, 0.1) is 0 Å². The number of nitrogens with zero attached hydrogens (tertiary/aromatic N) is 5. The number of ketones is 2. The number of hydrogen-bond acceptors (Lipinski definition) is 7. The van der Waals surface area contributed by atoms with Crippen LogP contribution in [0.3, 0.4) is 0 Å². The summed E-state index contributed by atoms with van der Waals surface area (Å²) >= 11 is -0.346. The molecule has 5 heterocycles. The van der Waals surface area contributed by atoms with E-state index in [-0.39, 0.29) is 26.7 Å². The van der Waals surface area contributed by atoms with Crippen molar-refractivity contribution in [3.8, 4) is 11.4 Å². The van der Waals surface area contributed by atoms with Gasteiger partial charge in [-0.25, -0.2) is 0 Å². The minimum Gasteiger partial charge on any atom is -0.255 e. The first-order chi connectivity index (χ1) is 15.6. The minimum absolute atomic E-state index is 0.00546. The minimum atomic E-state index is -0.346. The first-order valence-electron chi connectivity index (χ1n) is 10.1. The van der Waals surface area contributed by atoms with Crippen LogP contribution in [0.25, 0.3) is 11.4 Å². The predicted molar refractivity (Wildman–Crippen MR) is 119 cm³/mol. The van der Waals surface area contributed by atoms with Gasteiger partial charge in [0.05, 0.1) is 17.1 Å². The Morgan fingerprint density at radius 3 is 1.59 bits per heavy atom. The summed E-state index contributed by atoms with van der Waals surface area (Å²) in [6.07, 6.45) is 5.06. The first kappa shape index (κ1) is 22.9. The molecular weight excluding hydrogens is 538 g/mol. The summed E-state index contributed by atoms with van der Waals surface area (Å²) < 4.78 is 0. The van der Waals surface area contributed by atoms with Crippen LogP contribution in [0.4, 0.5) is 0 Å². The van der Waals surface area contributed by atoms with Crippen molar-refractivity contribution in [2.75, 3.05) is 39.3 Å². The summed E-state index contributed by atoms with van der Waals surface area (Å²) in [4.78, 5) is 38.8. The Bertz CT molecular complexity index is 999. The Morgan fingerprint density at radius 1 is 0.719 bits per heavy atom. The van der Waals surface area contributed by atoms with Gasteiger partial charge >= 0.3 is 34.5 Å². The van der Waals surface area contributed by atoms with Gasteiger partial charge in [-0.05, 0) is 24.3 Å². The van der Waals surface area contributed by atoms with Gasteiger partial charge in [-0.2, -0.15) is 0 Å². The molecule has 0 radical (unpaired) electrons. The van der Waals surface area contributed by atoms with E-state index in [1.54, 1.807) is 12.4 Å². The SMILES string of the molecule is O=C1C=C(N2CC2)C(=O)C(N2CC2)=C1N1CC1.[Cl][Ru][Cl].c1ccc(-c2ccccn2)nc1. The second-order valence-electron chi connectivity index (χ2n) is 7.36. The van der Waals surface area contributed by atoms with E-state index in [4.69, 9.17) is 19.4 Å². The summed E-state index contributed by atoms with van der Waals surface area (Å²) in [7, 11) is 9.71. The summed E-state index contributed by atoms with van der Waals surface area (Å²) in [5.74, 6) is 0.0485. The van der Waals surface area contributed by atoms with E-state index >= 15 is 0 Å². The van der Waals surface area contributed by atoms with Gasteiger partial charge in [-0.15, -0.1) is 0 Å². The normalized spacial score (nSPS) is 18.4. The average Bonchev–Trinajstić information content (AvgIpc) is 3.66. The molecule has 4 aliphatic rings. The van der Waals surface area contributed by atoms with Gasteiger partial charge in [-0.1, -0.05) is 12.1 Å². The summed E-state index contributed by atoms with van der Waals surface area (Å²) in [5.41, 5.74) is 3.72. The number of allylic oxidation sites excluding steroid dienone is 1. The molecule has 1 aliphatic carbocycles. The van der Waals surface area contributed by atoms with E-state index in [1.165, 1.54) is 6.08 Å². The number of Topliss-reactive ketones (excluding diaryl/α,β-unsaturated/α-hetero) is 1. The van der Waals surface area contributed by atoms with Gasteiger partial charge in [0.2, 0.25) is 11.6 Å². The monoisotopic (exact) mass is 559 g/mol. The molecule has 3 fully saturated rings. The Morgan fingerprint density at radius 2 is 1.19 bits per heavy atom. The maximum absolute atomic E-state index is 12.4. The zero-order valence-corrected chi connectivity index (χ0v) is 20.4. The van der Waals surface area contributed by atoms with Crippen LogP contribution in [0.15, 0.2) is 72.0 Å². The molecule has 7 nitrogen and oxygen atoms in total. The summed E-state index contributed by atoms with van der Waals surface area (Å²) in [5, 5.41) is 0. The Kier molecular flexibility index (Phi) is 7.56. The van der Waals surface area contributed by atoms with E-state index < -0.39 is 0 Å². The maximum Gasteiger partial charge on any atom is 0.0886 e. The molecule has 3 aliphatic heterocycles. The fourth-order valence-corrected chi connectivity index (χ4v) is 3.30. The van der Waals surface area contributed by atoms with E-state index in [0.29, 0.717) is 17.1 Å². The van der Waals surface area contributed by atoms with Gasteiger partial charge < -0.3 is 14.7 Å². The summed E-state index contributed by atoms with van der Waals surface area (Å²) in [6, 6.07) is 11.6. The van der Waals surface area contributed by atoms with E-state index in [1.807, 2.05) is 51.1 Å². The first-order valence-corrected chi connectivity index (χ1v) is 14.6. The fourth-order valence-electron chi connectivity index (χ4n) is 3.30.